The molecule has 0 N–H and O–H groups in total. The van der Waals surface area contributed by atoms with Gasteiger partial charge in [0.2, 0.25) is 0 Å². The largest absolute Gasteiger partial charge is 0.466 e. The Morgan fingerprint density at radius 1 is 1.26 bits per heavy atom. The van der Waals surface area contributed by atoms with Gasteiger partial charge < -0.3 is 9.32 Å². The highest BCUT2D eigenvalue weighted by Gasteiger charge is 2.34. The Morgan fingerprint density at radius 2 is 1.89 bits per heavy atom. The summed E-state index contributed by atoms with van der Waals surface area (Å²) in [5.74, 6) is 1.39. The Balaban J connectivity index is 2.25. The lowest BCUT2D eigenvalue weighted by molar-refractivity contribution is 0.0745. The summed E-state index contributed by atoms with van der Waals surface area (Å²) in [4.78, 5) is 14.0. The Morgan fingerprint density at radius 3 is 2.32 bits per heavy atom. The molecule has 1 aromatic rings. The van der Waals surface area contributed by atoms with Crippen LogP contribution in [0.3, 0.4) is 0 Å². The number of carbonyl (C=O) groups excluding carboxylic acids is 1. The minimum Gasteiger partial charge on any atom is -0.466 e. The van der Waals surface area contributed by atoms with Crippen LogP contribution in [0.15, 0.2) is 4.42 Å². The highest BCUT2D eigenvalue weighted by molar-refractivity contribution is 7.91. The zero-order valence-corrected chi connectivity index (χ0v) is 12.5. The Kier molecular flexibility index (Phi) is 3.47. The third-order valence-corrected chi connectivity index (χ3v) is 5.60. The van der Waals surface area contributed by atoms with Crippen LogP contribution in [0.4, 0.5) is 0 Å². The van der Waals surface area contributed by atoms with E-state index in [0.29, 0.717) is 17.7 Å². The summed E-state index contributed by atoms with van der Waals surface area (Å²) < 4.78 is 28.4. The second-order valence-corrected chi connectivity index (χ2v) is 7.42. The Hall–Kier alpha value is -1.30. The molecular weight excluding hydrogens is 266 g/mol. The van der Waals surface area contributed by atoms with E-state index in [1.54, 1.807) is 14.0 Å². The molecule has 1 saturated heterocycles. The molecule has 0 aromatic carbocycles. The Bertz CT molecular complexity index is 615. The third kappa shape index (κ3) is 2.54. The molecule has 2 rings (SSSR count). The van der Waals surface area contributed by atoms with E-state index in [9.17, 15) is 13.2 Å². The quantitative estimate of drug-likeness (QED) is 0.825. The Labute approximate surface area is 113 Å². The van der Waals surface area contributed by atoms with Crippen molar-refractivity contribution in [2.75, 3.05) is 18.6 Å². The van der Waals surface area contributed by atoms with Crippen molar-refractivity contribution in [3.05, 3.63) is 22.6 Å². The van der Waals surface area contributed by atoms with Crippen molar-refractivity contribution < 1.29 is 17.6 Å². The first-order chi connectivity index (χ1) is 8.73. The molecule has 0 spiro atoms. The monoisotopic (exact) mass is 285 g/mol. The van der Waals surface area contributed by atoms with Gasteiger partial charge in [0.1, 0.15) is 11.5 Å². The van der Waals surface area contributed by atoms with Gasteiger partial charge in [-0.15, -0.1) is 0 Å². The summed E-state index contributed by atoms with van der Waals surface area (Å²) in [7, 11) is -1.33. The number of aryl methyl sites for hydroxylation is 2. The maximum absolute atomic E-state index is 12.5. The smallest absolute Gasteiger partial charge is 0.257 e. The van der Waals surface area contributed by atoms with Gasteiger partial charge in [-0.05, 0) is 27.2 Å². The van der Waals surface area contributed by atoms with Gasteiger partial charge in [0.25, 0.3) is 5.91 Å². The van der Waals surface area contributed by atoms with Gasteiger partial charge in [0, 0.05) is 18.7 Å². The minimum atomic E-state index is -2.99. The van der Waals surface area contributed by atoms with Crippen molar-refractivity contribution in [1.29, 1.82) is 0 Å². The van der Waals surface area contributed by atoms with E-state index >= 15 is 0 Å². The van der Waals surface area contributed by atoms with Gasteiger partial charge >= 0.3 is 0 Å². The van der Waals surface area contributed by atoms with Crippen LogP contribution in [0.5, 0.6) is 0 Å². The fraction of sp³-hybridized carbons (Fsp3) is 0.615. The lowest BCUT2D eigenvalue weighted by atomic mass is 10.1. The number of hydrogen-bond acceptors (Lipinski definition) is 4. The van der Waals surface area contributed by atoms with Crippen LogP contribution < -0.4 is 0 Å². The summed E-state index contributed by atoms with van der Waals surface area (Å²) in [6, 6.07) is -0.230. The lowest BCUT2D eigenvalue weighted by Crippen LogP contribution is -2.38. The van der Waals surface area contributed by atoms with Crippen LogP contribution in [-0.2, 0) is 9.84 Å². The minimum absolute atomic E-state index is 0.0597. The molecule has 0 bridgehead atoms. The van der Waals surface area contributed by atoms with Crippen molar-refractivity contribution in [1.82, 2.24) is 4.90 Å². The average Bonchev–Trinajstić information content (AvgIpc) is 2.79. The van der Waals surface area contributed by atoms with E-state index < -0.39 is 9.84 Å². The number of carbonyl (C=O) groups is 1. The molecule has 0 saturated carbocycles. The molecule has 5 nitrogen and oxygen atoms in total. The van der Waals surface area contributed by atoms with Gasteiger partial charge in [-0.3, -0.25) is 4.79 Å². The first kappa shape index (κ1) is 14.1. The predicted molar refractivity (Wildman–Crippen MR) is 72.1 cm³/mol. The van der Waals surface area contributed by atoms with Crippen molar-refractivity contribution >= 4 is 15.7 Å². The molecule has 1 unspecified atom stereocenters. The molecular formula is C13H19NO4S. The number of sulfone groups is 1. The zero-order chi connectivity index (χ0) is 14.4. The van der Waals surface area contributed by atoms with Gasteiger partial charge in [0.05, 0.1) is 17.1 Å². The predicted octanol–water partition coefficient (Wildman–Crippen LogP) is 1.46. The van der Waals surface area contributed by atoms with Gasteiger partial charge in [-0.1, -0.05) is 0 Å². The van der Waals surface area contributed by atoms with Crippen molar-refractivity contribution in [2.45, 2.75) is 33.2 Å². The first-order valence-corrected chi connectivity index (χ1v) is 8.09. The van der Waals surface area contributed by atoms with Gasteiger partial charge in [0.15, 0.2) is 9.84 Å². The van der Waals surface area contributed by atoms with Crippen LogP contribution in [0.1, 0.15) is 33.9 Å². The highest BCUT2D eigenvalue weighted by Crippen LogP contribution is 2.24. The van der Waals surface area contributed by atoms with Crippen LogP contribution >= 0.6 is 0 Å². The third-order valence-electron chi connectivity index (χ3n) is 3.85. The number of rotatable bonds is 2. The molecule has 1 amide bonds. The van der Waals surface area contributed by atoms with Gasteiger partial charge in [-0.2, -0.15) is 0 Å². The van der Waals surface area contributed by atoms with Crippen LogP contribution in [0.2, 0.25) is 0 Å². The molecule has 19 heavy (non-hydrogen) atoms. The number of furan rings is 1. The lowest BCUT2D eigenvalue weighted by Gasteiger charge is -2.23. The number of amides is 1. The molecule has 6 heteroatoms. The van der Waals surface area contributed by atoms with E-state index in [4.69, 9.17) is 4.42 Å². The standard InChI is InChI=1S/C13H19NO4S/c1-8-9(2)18-10(3)12(8)13(15)14(4)11-5-6-19(16,17)7-11/h11H,5-7H2,1-4H3. The van der Waals surface area contributed by atoms with Gasteiger partial charge in [-0.25, -0.2) is 8.42 Å². The summed E-state index contributed by atoms with van der Waals surface area (Å²) in [6.07, 6.45) is 0.513. The van der Waals surface area contributed by atoms with E-state index in [-0.39, 0.29) is 23.5 Å². The highest BCUT2D eigenvalue weighted by atomic mass is 32.2. The normalized spacial score (nSPS) is 21.6. The van der Waals surface area contributed by atoms with Crippen molar-refractivity contribution in [3.8, 4) is 0 Å². The zero-order valence-electron chi connectivity index (χ0n) is 11.7. The molecule has 1 fully saturated rings. The topological polar surface area (TPSA) is 67.6 Å². The molecule has 2 heterocycles. The fourth-order valence-corrected chi connectivity index (χ4v) is 4.31. The summed E-state index contributed by atoms with van der Waals surface area (Å²) in [5, 5.41) is 0. The molecule has 1 aliphatic rings. The molecule has 0 aliphatic carbocycles. The molecule has 0 radical (unpaired) electrons. The van der Waals surface area contributed by atoms with Crippen LogP contribution in [0.25, 0.3) is 0 Å². The number of hydrogen-bond donors (Lipinski definition) is 0. The fourth-order valence-electron chi connectivity index (χ4n) is 2.53. The van der Waals surface area contributed by atoms with Crippen LogP contribution in [-0.4, -0.2) is 43.8 Å². The van der Waals surface area contributed by atoms with E-state index in [1.165, 1.54) is 4.90 Å². The first-order valence-electron chi connectivity index (χ1n) is 6.27. The van der Waals surface area contributed by atoms with E-state index in [1.807, 2.05) is 13.8 Å². The maximum Gasteiger partial charge on any atom is 0.257 e. The SMILES string of the molecule is Cc1oc(C)c(C(=O)N(C)C2CCS(=O)(=O)C2)c1C. The summed E-state index contributed by atoms with van der Waals surface area (Å²) in [6.45, 7) is 5.42. The van der Waals surface area contributed by atoms with E-state index in [2.05, 4.69) is 0 Å². The molecule has 1 atom stereocenters. The molecule has 106 valence electrons. The van der Waals surface area contributed by atoms with Crippen molar-refractivity contribution in [2.24, 2.45) is 0 Å². The van der Waals surface area contributed by atoms with Crippen LogP contribution in [0, 0.1) is 20.8 Å². The molecule has 1 aromatic heterocycles. The second-order valence-electron chi connectivity index (χ2n) is 5.19. The molecule has 1 aliphatic heterocycles. The summed E-state index contributed by atoms with van der Waals surface area (Å²) in [5.41, 5.74) is 1.39. The maximum atomic E-state index is 12.5. The van der Waals surface area contributed by atoms with E-state index in [0.717, 1.165) is 11.3 Å². The van der Waals surface area contributed by atoms with Crippen molar-refractivity contribution in [3.63, 3.8) is 0 Å². The number of nitrogens with zero attached hydrogens (tertiary/aromatic N) is 1. The summed E-state index contributed by atoms with van der Waals surface area (Å²) >= 11 is 0. The second kappa shape index (κ2) is 4.67. The average molecular weight is 285 g/mol.